The summed E-state index contributed by atoms with van der Waals surface area (Å²) in [4.78, 5) is 11.3. The Morgan fingerprint density at radius 1 is 1.43 bits per heavy atom. The summed E-state index contributed by atoms with van der Waals surface area (Å²) >= 11 is 0. The number of carbonyl (C=O) groups is 1. The summed E-state index contributed by atoms with van der Waals surface area (Å²) < 4.78 is 0. The summed E-state index contributed by atoms with van der Waals surface area (Å²) in [5.74, 6) is 0.890. The third-order valence-corrected chi connectivity index (χ3v) is 3.06. The van der Waals surface area contributed by atoms with E-state index in [0.717, 1.165) is 5.92 Å². The second-order valence-corrected chi connectivity index (χ2v) is 4.47. The fraction of sp³-hybridized carbons (Fsp3) is 0.909. The van der Waals surface area contributed by atoms with E-state index in [4.69, 9.17) is 0 Å². The van der Waals surface area contributed by atoms with Crippen molar-refractivity contribution < 1.29 is 4.79 Å². The monoisotopic (exact) mass is 198 g/mol. The maximum absolute atomic E-state index is 11.3. The molecule has 1 saturated carbocycles. The van der Waals surface area contributed by atoms with Gasteiger partial charge in [0.25, 0.3) is 0 Å². The fourth-order valence-corrected chi connectivity index (χ4v) is 2.23. The molecule has 0 aromatic carbocycles. The van der Waals surface area contributed by atoms with Crippen LogP contribution in [-0.2, 0) is 4.79 Å². The molecule has 1 fully saturated rings. The zero-order chi connectivity index (χ0) is 10.6. The summed E-state index contributed by atoms with van der Waals surface area (Å²) in [5.41, 5.74) is 0. The van der Waals surface area contributed by atoms with Crippen molar-refractivity contribution in [2.24, 2.45) is 5.92 Å². The Kier molecular flexibility index (Phi) is 4.39. The molecule has 3 atom stereocenters. The molecule has 2 N–H and O–H groups in total. The van der Waals surface area contributed by atoms with Crippen molar-refractivity contribution in [2.75, 3.05) is 7.05 Å². The summed E-state index contributed by atoms with van der Waals surface area (Å²) in [6.45, 7) is 4.22. The quantitative estimate of drug-likeness (QED) is 0.717. The van der Waals surface area contributed by atoms with E-state index in [2.05, 4.69) is 17.6 Å². The predicted molar refractivity (Wildman–Crippen MR) is 58.1 cm³/mol. The smallest absolute Gasteiger partial charge is 0.236 e. The molecule has 1 amide bonds. The van der Waals surface area contributed by atoms with Gasteiger partial charge in [-0.15, -0.1) is 0 Å². The SMILES string of the molecule is CNC(=O)[C@@H](C)NC1CCCC(C)C1. The van der Waals surface area contributed by atoms with Gasteiger partial charge >= 0.3 is 0 Å². The first kappa shape index (κ1) is 11.5. The van der Waals surface area contributed by atoms with Crippen LogP contribution >= 0.6 is 0 Å². The lowest BCUT2D eigenvalue weighted by atomic mass is 9.87. The molecule has 3 heteroatoms. The first-order chi connectivity index (χ1) is 6.63. The van der Waals surface area contributed by atoms with Crippen LogP contribution in [0.3, 0.4) is 0 Å². The molecule has 0 radical (unpaired) electrons. The van der Waals surface area contributed by atoms with Gasteiger partial charge < -0.3 is 10.6 Å². The van der Waals surface area contributed by atoms with Crippen molar-refractivity contribution in [3.8, 4) is 0 Å². The topological polar surface area (TPSA) is 41.1 Å². The largest absolute Gasteiger partial charge is 0.358 e. The Bertz CT molecular complexity index is 194. The van der Waals surface area contributed by atoms with Gasteiger partial charge in [-0.3, -0.25) is 4.79 Å². The van der Waals surface area contributed by atoms with E-state index < -0.39 is 0 Å². The second kappa shape index (κ2) is 5.35. The van der Waals surface area contributed by atoms with Crippen LogP contribution in [0.2, 0.25) is 0 Å². The molecule has 1 aliphatic carbocycles. The minimum absolute atomic E-state index is 0.0599. The van der Waals surface area contributed by atoms with Crippen LogP contribution in [0.5, 0.6) is 0 Å². The van der Waals surface area contributed by atoms with E-state index >= 15 is 0 Å². The lowest BCUT2D eigenvalue weighted by Crippen LogP contribution is -2.46. The van der Waals surface area contributed by atoms with Crippen LogP contribution in [-0.4, -0.2) is 25.0 Å². The number of carbonyl (C=O) groups excluding carboxylic acids is 1. The predicted octanol–water partition coefficient (Wildman–Crippen LogP) is 1.29. The Hall–Kier alpha value is -0.570. The molecular weight excluding hydrogens is 176 g/mol. The summed E-state index contributed by atoms with van der Waals surface area (Å²) in [5, 5.41) is 6.05. The van der Waals surface area contributed by atoms with Crippen molar-refractivity contribution in [3.63, 3.8) is 0 Å². The van der Waals surface area contributed by atoms with Crippen molar-refractivity contribution >= 4 is 5.91 Å². The van der Waals surface area contributed by atoms with Crippen LogP contribution in [0, 0.1) is 5.92 Å². The highest BCUT2D eigenvalue weighted by molar-refractivity contribution is 5.80. The third kappa shape index (κ3) is 3.29. The highest BCUT2D eigenvalue weighted by Gasteiger charge is 2.21. The molecule has 0 aromatic rings. The van der Waals surface area contributed by atoms with Crippen LogP contribution in [0.15, 0.2) is 0 Å². The van der Waals surface area contributed by atoms with Crippen LogP contribution < -0.4 is 10.6 Å². The molecule has 3 nitrogen and oxygen atoms in total. The maximum atomic E-state index is 11.3. The summed E-state index contributed by atoms with van der Waals surface area (Å²) in [7, 11) is 1.68. The lowest BCUT2D eigenvalue weighted by Gasteiger charge is -2.29. The van der Waals surface area contributed by atoms with Gasteiger partial charge in [0.15, 0.2) is 0 Å². The molecule has 0 aromatic heterocycles. The Morgan fingerprint density at radius 2 is 2.14 bits per heavy atom. The van der Waals surface area contributed by atoms with Crippen LogP contribution in [0.4, 0.5) is 0 Å². The van der Waals surface area contributed by atoms with Crippen LogP contribution in [0.25, 0.3) is 0 Å². The number of nitrogens with one attached hydrogen (secondary N) is 2. The number of hydrogen-bond donors (Lipinski definition) is 2. The number of hydrogen-bond acceptors (Lipinski definition) is 2. The van der Waals surface area contributed by atoms with Crippen molar-refractivity contribution in [2.45, 2.75) is 51.6 Å². The molecule has 82 valence electrons. The van der Waals surface area contributed by atoms with Gasteiger partial charge in [0, 0.05) is 13.1 Å². The molecular formula is C11H22N2O. The highest BCUT2D eigenvalue weighted by Crippen LogP contribution is 2.23. The number of likely N-dealkylation sites (N-methyl/N-ethyl adjacent to an activating group) is 1. The van der Waals surface area contributed by atoms with E-state index in [1.54, 1.807) is 7.05 Å². The van der Waals surface area contributed by atoms with Gasteiger partial charge in [-0.2, -0.15) is 0 Å². The third-order valence-electron chi connectivity index (χ3n) is 3.06. The average molecular weight is 198 g/mol. The molecule has 1 rings (SSSR count). The maximum Gasteiger partial charge on any atom is 0.236 e. The number of rotatable bonds is 3. The molecule has 0 saturated heterocycles. The van der Waals surface area contributed by atoms with Gasteiger partial charge in [-0.05, 0) is 25.7 Å². The molecule has 0 spiro atoms. The summed E-state index contributed by atoms with van der Waals surface area (Å²) in [6.07, 6.45) is 5.05. The zero-order valence-electron chi connectivity index (χ0n) is 9.47. The molecule has 0 heterocycles. The Morgan fingerprint density at radius 3 is 2.71 bits per heavy atom. The Labute approximate surface area is 86.6 Å². The van der Waals surface area contributed by atoms with E-state index in [1.165, 1.54) is 25.7 Å². The van der Waals surface area contributed by atoms with Gasteiger partial charge in [-0.25, -0.2) is 0 Å². The zero-order valence-corrected chi connectivity index (χ0v) is 9.47. The summed E-state index contributed by atoms with van der Waals surface area (Å²) in [6, 6.07) is 0.473. The van der Waals surface area contributed by atoms with Gasteiger partial charge in [0.05, 0.1) is 6.04 Å². The average Bonchev–Trinajstić information content (AvgIpc) is 2.16. The van der Waals surface area contributed by atoms with Gasteiger partial charge in [-0.1, -0.05) is 19.8 Å². The van der Waals surface area contributed by atoms with Crippen molar-refractivity contribution in [1.29, 1.82) is 0 Å². The first-order valence-electron chi connectivity index (χ1n) is 5.61. The van der Waals surface area contributed by atoms with Gasteiger partial charge in [0.1, 0.15) is 0 Å². The van der Waals surface area contributed by atoms with Gasteiger partial charge in [0.2, 0.25) is 5.91 Å². The highest BCUT2D eigenvalue weighted by atomic mass is 16.2. The molecule has 14 heavy (non-hydrogen) atoms. The minimum Gasteiger partial charge on any atom is -0.358 e. The minimum atomic E-state index is -0.0599. The van der Waals surface area contributed by atoms with E-state index in [9.17, 15) is 4.79 Å². The molecule has 0 bridgehead atoms. The molecule has 0 aliphatic heterocycles. The van der Waals surface area contributed by atoms with Crippen molar-refractivity contribution in [1.82, 2.24) is 10.6 Å². The standard InChI is InChI=1S/C11H22N2O/c1-8-5-4-6-10(7-8)13-9(2)11(14)12-3/h8-10,13H,4-7H2,1-3H3,(H,12,14)/t8?,9-,10?/m1/s1. The van der Waals surface area contributed by atoms with Crippen molar-refractivity contribution in [3.05, 3.63) is 0 Å². The molecule has 1 aliphatic rings. The Balaban J connectivity index is 2.32. The second-order valence-electron chi connectivity index (χ2n) is 4.47. The fourth-order valence-electron chi connectivity index (χ4n) is 2.23. The van der Waals surface area contributed by atoms with E-state index in [0.29, 0.717) is 6.04 Å². The first-order valence-corrected chi connectivity index (χ1v) is 5.61. The van der Waals surface area contributed by atoms with E-state index in [1.807, 2.05) is 6.92 Å². The number of amides is 1. The van der Waals surface area contributed by atoms with Crippen LogP contribution in [0.1, 0.15) is 39.5 Å². The van der Waals surface area contributed by atoms with E-state index in [-0.39, 0.29) is 11.9 Å². The lowest BCUT2D eigenvalue weighted by molar-refractivity contribution is -0.122. The molecule has 2 unspecified atom stereocenters. The normalized spacial score (nSPS) is 29.6.